The topological polar surface area (TPSA) is 80.4 Å². The van der Waals surface area contributed by atoms with Gasteiger partial charge >= 0.3 is 0 Å². The van der Waals surface area contributed by atoms with Gasteiger partial charge in [0.05, 0.1) is 16.3 Å². The molecule has 18 heavy (non-hydrogen) atoms. The molecule has 0 aliphatic rings. The fourth-order valence-electron chi connectivity index (χ4n) is 1.67. The van der Waals surface area contributed by atoms with Gasteiger partial charge in [0, 0.05) is 11.6 Å². The van der Waals surface area contributed by atoms with Gasteiger partial charge in [-0.1, -0.05) is 24.4 Å². The largest absolute Gasteiger partial charge is 0.398 e. The summed E-state index contributed by atoms with van der Waals surface area (Å²) in [7, 11) is -3.34. The number of aliphatic hydroxyl groups is 1. The van der Waals surface area contributed by atoms with Crippen LogP contribution in [0.2, 0.25) is 5.02 Å². The molecule has 0 aromatic heterocycles. The van der Waals surface area contributed by atoms with Crippen LogP contribution in [-0.2, 0) is 9.84 Å². The molecular formula is C12H18ClNO3S. The van der Waals surface area contributed by atoms with E-state index in [1.165, 1.54) is 18.2 Å². The van der Waals surface area contributed by atoms with Crippen LogP contribution in [0, 0.1) is 0 Å². The molecule has 0 saturated heterocycles. The summed E-state index contributed by atoms with van der Waals surface area (Å²) >= 11 is 5.73. The number of rotatable bonds is 7. The van der Waals surface area contributed by atoms with Gasteiger partial charge in [0.15, 0.2) is 9.84 Å². The van der Waals surface area contributed by atoms with E-state index < -0.39 is 9.84 Å². The van der Waals surface area contributed by atoms with Crippen LogP contribution in [0.1, 0.15) is 25.7 Å². The normalized spacial score (nSPS) is 11.7. The number of sulfone groups is 1. The van der Waals surface area contributed by atoms with Crippen LogP contribution in [0.4, 0.5) is 5.69 Å². The molecule has 0 bridgehead atoms. The molecular weight excluding hydrogens is 274 g/mol. The maximum atomic E-state index is 12.0. The third kappa shape index (κ3) is 4.48. The SMILES string of the molecule is Nc1cc(Cl)ccc1S(=O)(=O)CCCCCCO. The Kier molecular flexibility index (Phi) is 5.91. The zero-order valence-electron chi connectivity index (χ0n) is 10.1. The minimum atomic E-state index is -3.34. The molecule has 0 spiro atoms. The highest BCUT2D eigenvalue weighted by atomic mass is 35.5. The minimum Gasteiger partial charge on any atom is -0.398 e. The zero-order chi connectivity index (χ0) is 13.6. The first-order chi connectivity index (χ1) is 8.47. The molecule has 0 saturated carbocycles. The van der Waals surface area contributed by atoms with Gasteiger partial charge in [-0.2, -0.15) is 0 Å². The number of hydrogen-bond acceptors (Lipinski definition) is 4. The Morgan fingerprint density at radius 3 is 2.44 bits per heavy atom. The first-order valence-corrected chi connectivity index (χ1v) is 7.89. The predicted molar refractivity (Wildman–Crippen MR) is 73.5 cm³/mol. The fraction of sp³-hybridized carbons (Fsp3) is 0.500. The Balaban J connectivity index is 2.63. The van der Waals surface area contributed by atoms with Crippen molar-refractivity contribution >= 4 is 27.1 Å². The van der Waals surface area contributed by atoms with Gasteiger partial charge in [0.2, 0.25) is 0 Å². The van der Waals surface area contributed by atoms with E-state index in [2.05, 4.69) is 0 Å². The lowest BCUT2D eigenvalue weighted by atomic mass is 10.2. The third-order valence-corrected chi connectivity index (χ3v) is 4.73. The minimum absolute atomic E-state index is 0.0737. The summed E-state index contributed by atoms with van der Waals surface area (Å²) in [5, 5.41) is 9.04. The molecule has 0 amide bonds. The standard InChI is InChI=1S/C12H18ClNO3S/c13-10-5-6-12(11(14)9-10)18(16,17)8-4-2-1-3-7-15/h5-6,9,15H,1-4,7-8,14H2. The van der Waals surface area contributed by atoms with Crippen molar-refractivity contribution in [3.05, 3.63) is 23.2 Å². The number of benzene rings is 1. The number of nitrogens with two attached hydrogens (primary N) is 1. The van der Waals surface area contributed by atoms with E-state index >= 15 is 0 Å². The molecule has 0 fully saturated rings. The van der Waals surface area contributed by atoms with Crippen molar-refractivity contribution in [2.45, 2.75) is 30.6 Å². The van der Waals surface area contributed by atoms with Crippen LogP contribution in [0.3, 0.4) is 0 Å². The Bertz CT molecular complexity index is 488. The molecule has 0 unspecified atom stereocenters. The summed E-state index contributed by atoms with van der Waals surface area (Å²) in [6.07, 6.45) is 2.91. The maximum Gasteiger partial charge on any atom is 0.180 e. The van der Waals surface area contributed by atoms with Crippen molar-refractivity contribution < 1.29 is 13.5 Å². The molecule has 0 aliphatic heterocycles. The number of halogens is 1. The summed E-state index contributed by atoms with van der Waals surface area (Å²) in [6.45, 7) is 0.150. The second kappa shape index (κ2) is 6.97. The summed E-state index contributed by atoms with van der Waals surface area (Å²) in [4.78, 5) is 0.147. The van der Waals surface area contributed by atoms with Gasteiger partial charge in [-0.15, -0.1) is 0 Å². The zero-order valence-corrected chi connectivity index (χ0v) is 11.7. The van der Waals surface area contributed by atoms with E-state index in [9.17, 15) is 8.42 Å². The van der Waals surface area contributed by atoms with Gasteiger partial charge in [-0.3, -0.25) is 0 Å². The monoisotopic (exact) mass is 291 g/mol. The Morgan fingerprint density at radius 2 is 1.83 bits per heavy atom. The van der Waals surface area contributed by atoms with Gasteiger partial charge in [-0.25, -0.2) is 8.42 Å². The van der Waals surface area contributed by atoms with Crippen molar-refractivity contribution in [3.63, 3.8) is 0 Å². The lowest BCUT2D eigenvalue weighted by molar-refractivity contribution is 0.283. The molecule has 6 heteroatoms. The average molecular weight is 292 g/mol. The molecule has 1 aromatic rings. The van der Waals surface area contributed by atoms with E-state index in [0.717, 1.165) is 12.8 Å². The Hall–Kier alpha value is -0.780. The molecule has 102 valence electrons. The first kappa shape index (κ1) is 15.3. The molecule has 0 heterocycles. The van der Waals surface area contributed by atoms with Crippen LogP contribution in [-0.4, -0.2) is 25.9 Å². The quantitative estimate of drug-likeness (QED) is 0.596. The van der Waals surface area contributed by atoms with Crippen molar-refractivity contribution in [3.8, 4) is 0 Å². The van der Waals surface area contributed by atoms with Crippen LogP contribution >= 0.6 is 11.6 Å². The highest BCUT2D eigenvalue weighted by Crippen LogP contribution is 2.24. The molecule has 4 nitrogen and oxygen atoms in total. The van der Waals surface area contributed by atoms with Crippen molar-refractivity contribution in [1.29, 1.82) is 0 Å². The third-order valence-electron chi connectivity index (χ3n) is 2.63. The summed E-state index contributed by atoms with van der Waals surface area (Å²) in [5.41, 5.74) is 5.86. The van der Waals surface area contributed by atoms with Gasteiger partial charge in [0.25, 0.3) is 0 Å². The predicted octanol–water partition coefficient (Wildman–Crippen LogP) is 2.25. The first-order valence-electron chi connectivity index (χ1n) is 5.86. The van der Waals surface area contributed by atoms with Gasteiger partial charge in [0.1, 0.15) is 0 Å². The molecule has 3 N–H and O–H groups in total. The van der Waals surface area contributed by atoms with Gasteiger partial charge < -0.3 is 10.8 Å². The van der Waals surface area contributed by atoms with E-state index in [-0.39, 0.29) is 22.9 Å². The van der Waals surface area contributed by atoms with Gasteiger partial charge in [-0.05, 0) is 31.0 Å². The number of anilines is 1. The van der Waals surface area contributed by atoms with E-state index in [1.54, 1.807) is 0 Å². The van der Waals surface area contributed by atoms with Crippen molar-refractivity contribution in [2.24, 2.45) is 0 Å². The van der Waals surface area contributed by atoms with Crippen LogP contribution in [0.5, 0.6) is 0 Å². The lowest BCUT2D eigenvalue weighted by Crippen LogP contribution is -2.09. The van der Waals surface area contributed by atoms with E-state index in [1.807, 2.05) is 0 Å². The summed E-state index contributed by atoms with van der Waals surface area (Å²) in [6, 6.07) is 4.41. The van der Waals surface area contributed by atoms with E-state index in [4.69, 9.17) is 22.4 Å². The second-order valence-electron chi connectivity index (χ2n) is 4.14. The number of hydrogen-bond donors (Lipinski definition) is 2. The van der Waals surface area contributed by atoms with Crippen LogP contribution in [0.15, 0.2) is 23.1 Å². The summed E-state index contributed by atoms with van der Waals surface area (Å²) < 4.78 is 24.0. The fourth-order valence-corrected chi connectivity index (χ4v) is 3.35. The summed E-state index contributed by atoms with van der Waals surface area (Å²) in [5.74, 6) is 0.0737. The highest BCUT2D eigenvalue weighted by molar-refractivity contribution is 7.91. The molecule has 0 aliphatic carbocycles. The van der Waals surface area contributed by atoms with Crippen molar-refractivity contribution in [1.82, 2.24) is 0 Å². The molecule has 1 rings (SSSR count). The Labute approximate surface area is 113 Å². The molecule has 0 radical (unpaired) electrons. The smallest absolute Gasteiger partial charge is 0.180 e. The Morgan fingerprint density at radius 1 is 1.17 bits per heavy atom. The average Bonchev–Trinajstić information content (AvgIpc) is 2.28. The highest BCUT2D eigenvalue weighted by Gasteiger charge is 2.17. The molecule has 1 aromatic carbocycles. The van der Waals surface area contributed by atoms with Crippen LogP contribution in [0.25, 0.3) is 0 Å². The van der Waals surface area contributed by atoms with Crippen LogP contribution < -0.4 is 5.73 Å². The van der Waals surface area contributed by atoms with Crippen molar-refractivity contribution in [2.75, 3.05) is 18.1 Å². The second-order valence-corrected chi connectivity index (χ2v) is 6.65. The molecule has 0 atom stereocenters. The number of unbranched alkanes of at least 4 members (excludes halogenated alkanes) is 3. The number of aliphatic hydroxyl groups excluding tert-OH is 1. The lowest BCUT2D eigenvalue weighted by Gasteiger charge is -2.07. The maximum absolute atomic E-state index is 12.0. The number of nitrogen functional groups attached to an aromatic ring is 1. The van der Waals surface area contributed by atoms with E-state index in [0.29, 0.717) is 17.9 Å².